The zero-order valence-electron chi connectivity index (χ0n) is 12.0. The molecule has 6 heteroatoms. The molecule has 2 aliphatic rings. The Balaban J connectivity index is 1.68. The number of pyridine rings is 1. The summed E-state index contributed by atoms with van der Waals surface area (Å²) in [4.78, 5) is 21.0. The van der Waals surface area contributed by atoms with E-state index in [-0.39, 0.29) is 5.92 Å². The lowest BCUT2D eigenvalue weighted by Gasteiger charge is -2.37. The smallest absolute Gasteiger partial charge is 0.227 e. The van der Waals surface area contributed by atoms with Crippen LogP contribution in [0, 0.1) is 5.92 Å². The molecule has 2 fully saturated rings. The molecule has 4 nitrogen and oxygen atoms in total. The van der Waals surface area contributed by atoms with E-state index in [4.69, 9.17) is 11.6 Å². The molecular formula is C15H20ClN3OS. The number of carbonyl (C=O) groups excluding carboxylic acids is 1. The van der Waals surface area contributed by atoms with Crippen molar-refractivity contribution in [1.29, 1.82) is 0 Å². The van der Waals surface area contributed by atoms with Crippen LogP contribution in [0.2, 0.25) is 5.02 Å². The lowest BCUT2D eigenvalue weighted by molar-refractivity contribution is -0.135. The van der Waals surface area contributed by atoms with E-state index in [0.29, 0.717) is 10.9 Å². The van der Waals surface area contributed by atoms with Crippen molar-refractivity contribution in [3.63, 3.8) is 0 Å². The predicted octanol–water partition coefficient (Wildman–Crippen LogP) is 2.53. The van der Waals surface area contributed by atoms with E-state index in [0.717, 1.165) is 56.2 Å². The van der Waals surface area contributed by atoms with Gasteiger partial charge in [0.2, 0.25) is 5.91 Å². The first-order valence-electron chi connectivity index (χ1n) is 7.46. The number of piperidine rings is 1. The van der Waals surface area contributed by atoms with Crippen LogP contribution in [0.3, 0.4) is 0 Å². The van der Waals surface area contributed by atoms with Crippen LogP contribution in [-0.2, 0) is 4.79 Å². The number of hydrogen-bond acceptors (Lipinski definition) is 4. The molecule has 2 saturated heterocycles. The Kier molecular flexibility index (Phi) is 4.91. The van der Waals surface area contributed by atoms with Crippen LogP contribution >= 0.6 is 23.4 Å². The van der Waals surface area contributed by atoms with Crippen molar-refractivity contribution < 1.29 is 4.79 Å². The van der Waals surface area contributed by atoms with Crippen molar-refractivity contribution in [3.8, 4) is 0 Å². The Morgan fingerprint density at radius 3 is 2.90 bits per heavy atom. The number of hydrogen-bond donors (Lipinski definition) is 0. The summed E-state index contributed by atoms with van der Waals surface area (Å²) in [6.07, 6.45) is 5.46. The van der Waals surface area contributed by atoms with E-state index in [1.807, 2.05) is 22.7 Å². The van der Waals surface area contributed by atoms with Crippen LogP contribution in [0.4, 0.5) is 5.69 Å². The molecule has 0 saturated carbocycles. The number of nitrogens with zero attached hydrogens (tertiary/aromatic N) is 3. The maximum atomic E-state index is 12.7. The molecular weight excluding hydrogens is 306 g/mol. The fraction of sp³-hybridized carbons (Fsp3) is 0.600. The molecule has 1 aromatic rings. The minimum atomic E-state index is 0.103. The number of anilines is 1. The van der Waals surface area contributed by atoms with Gasteiger partial charge in [-0.15, -0.1) is 0 Å². The molecule has 114 valence electrons. The fourth-order valence-corrected chi connectivity index (χ4v) is 4.21. The lowest BCUT2D eigenvalue weighted by Crippen LogP contribution is -2.47. The largest absolute Gasteiger partial charge is 0.369 e. The Morgan fingerprint density at radius 1 is 1.33 bits per heavy atom. The van der Waals surface area contributed by atoms with Gasteiger partial charge in [-0.05, 0) is 18.9 Å². The highest BCUT2D eigenvalue weighted by Gasteiger charge is 2.30. The van der Waals surface area contributed by atoms with Gasteiger partial charge >= 0.3 is 0 Å². The number of amides is 1. The third-order valence-electron chi connectivity index (χ3n) is 4.19. The Hall–Kier alpha value is -0.940. The SMILES string of the molecule is O=C(C1CCCN(c2ccncc2Cl)C1)N1CCSCC1. The second-order valence-electron chi connectivity index (χ2n) is 5.55. The van der Waals surface area contributed by atoms with Gasteiger partial charge < -0.3 is 9.80 Å². The minimum absolute atomic E-state index is 0.103. The lowest BCUT2D eigenvalue weighted by atomic mass is 9.96. The highest BCUT2D eigenvalue weighted by Crippen LogP contribution is 2.29. The van der Waals surface area contributed by atoms with E-state index in [1.165, 1.54) is 0 Å². The third-order valence-corrected chi connectivity index (χ3v) is 5.42. The predicted molar refractivity (Wildman–Crippen MR) is 88.1 cm³/mol. The normalized spacial score (nSPS) is 23.2. The van der Waals surface area contributed by atoms with Crippen molar-refractivity contribution >= 4 is 35.0 Å². The van der Waals surface area contributed by atoms with Gasteiger partial charge in [0.05, 0.1) is 16.6 Å². The summed E-state index contributed by atoms with van der Waals surface area (Å²) in [5.41, 5.74) is 0.998. The van der Waals surface area contributed by atoms with Gasteiger partial charge in [-0.2, -0.15) is 11.8 Å². The maximum absolute atomic E-state index is 12.7. The molecule has 1 unspecified atom stereocenters. The van der Waals surface area contributed by atoms with Crippen molar-refractivity contribution in [2.75, 3.05) is 42.6 Å². The van der Waals surface area contributed by atoms with Crippen molar-refractivity contribution in [2.45, 2.75) is 12.8 Å². The zero-order chi connectivity index (χ0) is 14.7. The zero-order valence-corrected chi connectivity index (χ0v) is 13.6. The van der Waals surface area contributed by atoms with Crippen LogP contribution in [0.15, 0.2) is 18.5 Å². The molecule has 3 heterocycles. The van der Waals surface area contributed by atoms with Gasteiger partial charge in [-0.25, -0.2) is 0 Å². The summed E-state index contributed by atoms with van der Waals surface area (Å²) in [7, 11) is 0. The van der Waals surface area contributed by atoms with E-state index < -0.39 is 0 Å². The Labute approximate surface area is 134 Å². The molecule has 3 rings (SSSR count). The van der Waals surface area contributed by atoms with Gasteiger partial charge in [-0.3, -0.25) is 9.78 Å². The van der Waals surface area contributed by atoms with E-state index in [2.05, 4.69) is 9.88 Å². The second kappa shape index (κ2) is 6.88. The highest BCUT2D eigenvalue weighted by molar-refractivity contribution is 7.99. The summed E-state index contributed by atoms with van der Waals surface area (Å²) in [5, 5.41) is 0.667. The molecule has 0 radical (unpaired) electrons. The maximum Gasteiger partial charge on any atom is 0.227 e. The van der Waals surface area contributed by atoms with Gasteiger partial charge in [0, 0.05) is 50.1 Å². The minimum Gasteiger partial charge on any atom is -0.369 e. The van der Waals surface area contributed by atoms with Crippen molar-refractivity contribution in [2.24, 2.45) is 5.92 Å². The molecule has 21 heavy (non-hydrogen) atoms. The number of rotatable bonds is 2. The molecule has 1 atom stereocenters. The van der Waals surface area contributed by atoms with Crippen LogP contribution in [0.25, 0.3) is 0 Å². The first-order chi connectivity index (χ1) is 10.3. The summed E-state index contributed by atoms with van der Waals surface area (Å²) >= 11 is 8.16. The molecule has 1 amide bonds. The number of thioether (sulfide) groups is 1. The number of aromatic nitrogens is 1. The second-order valence-corrected chi connectivity index (χ2v) is 7.18. The van der Waals surface area contributed by atoms with E-state index in [9.17, 15) is 4.79 Å². The number of halogens is 1. The van der Waals surface area contributed by atoms with Gasteiger partial charge in [0.15, 0.2) is 0 Å². The quantitative estimate of drug-likeness (QED) is 0.837. The topological polar surface area (TPSA) is 36.4 Å². The first kappa shape index (κ1) is 15.0. The summed E-state index contributed by atoms with van der Waals surface area (Å²) in [6, 6.07) is 1.94. The van der Waals surface area contributed by atoms with Crippen LogP contribution in [0.1, 0.15) is 12.8 Å². The van der Waals surface area contributed by atoms with Crippen molar-refractivity contribution in [1.82, 2.24) is 9.88 Å². The molecule has 0 bridgehead atoms. The molecule has 0 aromatic carbocycles. The molecule has 0 spiro atoms. The average Bonchev–Trinajstić information content (AvgIpc) is 2.55. The fourth-order valence-electron chi connectivity index (χ4n) is 3.06. The standard InChI is InChI=1S/C15H20ClN3OS/c16-13-10-17-4-3-14(13)19-5-1-2-12(11-19)15(20)18-6-8-21-9-7-18/h3-4,10,12H,1-2,5-9,11H2. The summed E-state index contributed by atoms with van der Waals surface area (Å²) in [5.74, 6) is 2.56. The third kappa shape index (κ3) is 3.46. The molecule has 0 aliphatic carbocycles. The van der Waals surface area contributed by atoms with Gasteiger partial charge in [-0.1, -0.05) is 11.6 Å². The monoisotopic (exact) mass is 325 g/mol. The molecule has 2 aliphatic heterocycles. The van der Waals surface area contributed by atoms with Gasteiger partial charge in [0.1, 0.15) is 0 Å². The van der Waals surface area contributed by atoms with Gasteiger partial charge in [0.25, 0.3) is 0 Å². The highest BCUT2D eigenvalue weighted by atomic mass is 35.5. The summed E-state index contributed by atoms with van der Waals surface area (Å²) < 4.78 is 0. The van der Waals surface area contributed by atoms with E-state index >= 15 is 0 Å². The summed E-state index contributed by atoms with van der Waals surface area (Å²) in [6.45, 7) is 3.53. The Bertz CT molecular complexity index is 507. The van der Waals surface area contributed by atoms with Crippen LogP contribution in [-0.4, -0.2) is 53.5 Å². The van der Waals surface area contributed by atoms with Crippen LogP contribution < -0.4 is 4.90 Å². The molecule has 1 aromatic heterocycles. The molecule has 0 N–H and O–H groups in total. The number of carbonyl (C=O) groups is 1. The van der Waals surface area contributed by atoms with Crippen LogP contribution in [0.5, 0.6) is 0 Å². The van der Waals surface area contributed by atoms with Crippen molar-refractivity contribution in [3.05, 3.63) is 23.5 Å². The Morgan fingerprint density at radius 2 is 2.14 bits per heavy atom. The van der Waals surface area contributed by atoms with E-state index in [1.54, 1.807) is 12.4 Å². The average molecular weight is 326 g/mol. The first-order valence-corrected chi connectivity index (χ1v) is 9.00.